The molecule has 1 spiro atoms. The van der Waals surface area contributed by atoms with Crippen LogP contribution in [0.2, 0.25) is 0 Å². The smallest absolute Gasteiger partial charge is 0.421 e. The fourth-order valence-corrected chi connectivity index (χ4v) is 9.27. The Hall–Kier alpha value is -7.32. The molecule has 6 atom stereocenters. The van der Waals surface area contributed by atoms with Gasteiger partial charge in [0, 0.05) is 25.6 Å². The Morgan fingerprint density at radius 3 is 2.18 bits per heavy atom. The molecule has 0 radical (unpaired) electrons. The van der Waals surface area contributed by atoms with E-state index in [4.69, 9.17) is 28.4 Å². The van der Waals surface area contributed by atoms with E-state index in [1.54, 1.807) is 36.4 Å². The largest absolute Gasteiger partial charge is 0.491 e. The third kappa shape index (κ3) is 8.63. The van der Waals surface area contributed by atoms with Gasteiger partial charge in [-0.25, -0.2) is 9.69 Å². The van der Waals surface area contributed by atoms with E-state index in [1.807, 2.05) is 65.6 Å². The van der Waals surface area contributed by atoms with Crippen LogP contribution in [0.15, 0.2) is 116 Å². The Bertz CT molecular complexity index is 2520. The highest BCUT2D eigenvalue weighted by molar-refractivity contribution is 6.23. The van der Waals surface area contributed by atoms with E-state index < -0.39 is 77.3 Å². The Labute approximate surface area is 381 Å². The van der Waals surface area contributed by atoms with Crippen LogP contribution in [0.5, 0.6) is 5.75 Å². The van der Waals surface area contributed by atoms with Crippen molar-refractivity contribution in [2.75, 3.05) is 59.2 Å². The summed E-state index contributed by atoms with van der Waals surface area (Å²) in [4.78, 5) is 88.7. The minimum Gasteiger partial charge on any atom is -0.491 e. The zero-order valence-corrected chi connectivity index (χ0v) is 36.5. The van der Waals surface area contributed by atoms with Crippen molar-refractivity contribution in [3.8, 4) is 17.6 Å². The van der Waals surface area contributed by atoms with Gasteiger partial charge in [-0.15, -0.1) is 6.58 Å². The summed E-state index contributed by atoms with van der Waals surface area (Å²) in [7, 11) is 3.70. The van der Waals surface area contributed by atoms with Crippen molar-refractivity contribution in [1.82, 2.24) is 10.2 Å². The third-order valence-corrected chi connectivity index (χ3v) is 11.9. The molecule has 3 heterocycles. The number of carbonyl (C=O) groups is 6. The minimum atomic E-state index is -2.14. The maximum atomic E-state index is 16.2. The molecule has 4 aromatic carbocycles. The van der Waals surface area contributed by atoms with Gasteiger partial charge in [0.05, 0.1) is 51.1 Å². The summed E-state index contributed by atoms with van der Waals surface area (Å²) in [6.45, 7) is 3.15. The van der Waals surface area contributed by atoms with Gasteiger partial charge in [-0.05, 0) is 52.6 Å². The van der Waals surface area contributed by atoms with Crippen LogP contribution >= 0.6 is 0 Å². The quantitative estimate of drug-likeness (QED) is 0.0422. The number of hydrogen-bond donors (Lipinski definition) is 2. The number of aliphatic hydroxyl groups is 1. The third-order valence-electron chi connectivity index (χ3n) is 11.9. The van der Waals surface area contributed by atoms with E-state index in [9.17, 15) is 19.5 Å². The van der Waals surface area contributed by atoms with Gasteiger partial charge in [0.25, 0.3) is 0 Å². The van der Waals surface area contributed by atoms with E-state index in [2.05, 4.69) is 23.7 Å². The molecule has 2 saturated heterocycles. The lowest BCUT2D eigenvalue weighted by Crippen LogP contribution is -2.55. The van der Waals surface area contributed by atoms with E-state index >= 15 is 14.4 Å². The molecule has 3 aliphatic rings. The standard InChI is InChI=1S/C50H49N3O13/c1-5-24-51-44(55)39-41-47(58)66-42(33-17-10-7-11-18-33)40(32-15-8-6-9-16-32)53(41)43(34-19-13-20-35(30-34)64-26-25-54)50(39)37-29-31(14-12-21-36(45(56)62-3)46(57)63-4)22-23-38(37)52(48(50)59)49(60)65-28-27-61-2/h5-11,13,15-20,22-23,29-30,36,39-43,54H,1,21,24-28H2,2-4H3,(H,51,55)/t39-,40-,41-,42+,43+,50-/m1/s1. The number of benzene rings is 4. The minimum absolute atomic E-state index is 0.00953. The molecule has 2 fully saturated rings. The summed E-state index contributed by atoms with van der Waals surface area (Å²) in [6.07, 6.45) is -0.870. The van der Waals surface area contributed by atoms with Crippen LogP contribution in [0, 0.1) is 23.7 Å². The lowest BCUT2D eigenvalue weighted by molar-refractivity contribution is -0.178. The summed E-state index contributed by atoms with van der Waals surface area (Å²) in [5, 5.41) is 12.6. The molecule has 3 amide bonds. The highest BCUT2D eigenvalue weighted by Gasteiger charge is 2.75. The Kier molecular flexibility index (Phi) is 14.6. The van der Waals surface area contributed by atoms with E-state index in [-0.39, 0.29) is 56.2 Å². The van der Waals surface area contributed by atoms with Crippen molar-refractivity contribution in [2.45, 2.75) is 36.1 Å². The zero-order valence-electron chi connectivity index (χ0n) is 36.5. The van der Waals surface area contributed by atoms with Crippen molar-refractivity contribution >= 4 is 41.5 Å². The number of methoxy groups -OCH3 is 3. The van der Waals surface area contributed by atoms with Gasteiger partial charge in [-0.1, -0.05) is 90.7 Å². The Balaban J connectivity index is 1.56. The maximum Gasteiger partial charge on any atom is 0.421 e. The highest BCUT2D eigenvalue weighted by atomic mass is 16.6. The average molecular weight is 900 g/mol. The van der Waals surface area contributed by atoms with Crippen LogP contribution < -0.4 is 15.0 Å². The number of amides is 3. The lowest BCUT2D eigenvalue weighted by atomic mass is 9.65. The van der Waals surface area contributed by atoms with Crippen LogP contribution in [-0.2, 0) is 53.1 Å². The van der Waals surface area contributed by atoms with Crippen molar-refractivity contribution in [2.24, 2.45) is 11.8 Å². The first-order valence-corrected chi connectivity index (χ1v) is 21.2. The Morgan fingerprint density at radius 1 is 0.848 bits per heavy atom. The van der Waals surface area contributed by atoms with Crippen LogP contribution in [0.3, 0.4) is 0 Å². The van der Waals surface area contributed by atoms with E-state index in [0.717, 1.165) is 19.1 Å². The molecular weight excluding hydrogens is 851 g/mol. The fraction of sp³-hybridized carbons (Fsp3) is 0.320. The lowest BCUT2D eigenvalue weighted by Gasteiger charge is -2.46. The summed E-state index contributed by atoms with van der Waals surface area (Å²) in [6, 6.07) is 26.2. The van der Waals surface area contributed by atoms with Crippen molar-refractivity contribution < 1.29 is 62.3 Å². The highest BCUT2D eigenvalue weighted by Crippen LogP contribution is 2.66. The van der Waals surface area contributed by atoms with Crippen LogP contribution in [-0.4, -0.2) is 106 Å². The SMILES string of the molecule is C=CCNC(=O)[C@H]1[C@@H]2C(=O)O[C@@H](c3ccccc3)[C@@H](c3ccccc3)N2[C@@H](c2cccc(OCCO)c2)[C@]12C(=O)N(C(=O)OCCOC)c1ccc(C#CCC(C(=O)OC)C(=O)OC)cc12. The molecule has 7 rings (SSSR count). The van der Waals surface area contributed by atoms with Crippen molar-refractivity contribution in [1.29, 1.82) is 0 Å². The van der Waals surface area contributed by atoms with Crippen LogP contribution in [0.1, 0.15) is 52.4 Å². The number of esters is 3. The van der Waals surface area contributed by atoms with Gasteiger partial charge in [0.1, 0.15) is 36.5 Å². The van der Waals surface area contributed by atoms with Crippen LogP contribution in [0.25, 0.3) is 0 Å². The Morgan fingerprint density at radius 2 is 1.53 bits per heavy atom. The maximum absolute atomic E-state index is 16.2. The first-order valence-electron chi connectivity index (χ1n) is 21.2. The molecule has 16 nitrogen and oxygen atoms in total. The summed E-state index contributed by atoms with van der Waals surface area (Å²) in [5.41, 5.74) is 0.0762. The van der Waals surface area contributed by atoms with Crippen molar-refractivity contribution in [3.63, 3.8) is 0 Å². The summed E-state index contributed by atoms with van der Waals surface area (Å²) >= 11 is 0. The number of imide groups is 1. The molecule has 0 saturated carbocycles. The first-order chi connectivity index (χ1) is 32.1. The molecule has 342 valence electrons. The monoisotopic (exact) mass is 899 g/mol. The molecule has 2 N–H and O–H groups in total. The topological polar surface area (TPSA) is 197 Å². The van der Waals surface area contributed by atoms with Crippen LogP contribution in [0.4, 0.5) is 10.5 Å². The molecule has 66 heavy (non-hydrogen) atoms. The molecular formula is C50H49N3O13. The number of carbonyl (C=O) groups excluding carboxylic acids is 6. The van der Waals surface area contributed by atoms with Gasteiger partial charge in [0.15, 0.2) is 5.92 Å². The molecule has 0 bridgehead atoms. The second-order valence-corrected chi connectivity index (χ2v) is 15.5. The second-order valence-electron chi connectivity index (χ2n) is 15.5. The van der Waals surface area contributed by atoms with Gasteiger partial charge >= 0.3 is 24.0 Å². The average Bonchev–Trinajstić information content (AvgIpc) is 3.80. The fourth-order valence-electron chi connectivity index (χ4n) is 9.27. The summed E-state index contributed by atoms with van der Waals surface area (Å²) < 4.78 is 32.8. The number of anilines is 1. The van der Waals surface area contributed by atoms with E-state index in [1.165, 1.54) is 19.3 Å². The predicted octanol–water partition coefficient (Wildman–Crippen LogP) is 4.51. The molecule has 16 heteroatoms. The normalized spacial score (nSPS) is 21.8. The number of cyclic esters (lactones) is 1. The molecule has 0 aromatic heterocycles. The molecule has 3 aliphatic heterocycles. The van der Waals surface area contributed by atoms with Gasteiger partial charge in [-0.3, -0.25) is 28.9 Å². The molecule has 0 aliphatic carbocycles. The number of ether oxygens (including phenoxy) is 6. The summed E-state index contributed by atoms with van der Waals surface area (Å²) in [5.74, 6) is -0.911. The van der Waals surface area contributed by atoms with Gasteiger partial charge in [0.2, 0.25) is 11.8 Å². The number of nitrogens with one attached hydrogen (secondary N) is 1. The first kappa shape index (κ1) is 46.7. The number of rotatable bonds is 15. The molecule has 4 aromatic rings. The number of aliphatic hydroxyl groups excluding tert-OH is 1. The number of fused-ring (bicyclic) bond motifs is 3. The van der Waals surface area contributed by atoms with Gasteiger partial charge in [-0.2, -0.15) is 0 Å². The number of nitrogens with zero attached hydrogens (tertiary/aromatic N) is 2. The molecule has 0 unspecified atom stereocenters. The van der Waals surface area contributed by atoms with Gasteiger partial charge < -0.3 is 38.8 Å². The van der Waals surface area contributed by atoms with Crippen molar-refractivity contribution in [3.05, 3.63) is 144 Å². The second kappa shape index (κ2) is 20.7. The number of morpholine rings is 1. The van der Waals surface area contributed by atoms with E-state index in [0.29, 0.717) is 22.4 Å². The number of hydrogen-bond acceptors (Lipinski definition) is 14. The zero-order chi connectivity index (χ0) is 47.0. The predicted molar refractivity (Wildman–Crippen MR) is 236 cm³/mol.